The van der Waals surface area contributed by atoms with E-state index in [1.54, 1.807) is 0 Å². The summed E-state index contributed by atoms with van der Waals surface area (Å²) < 4.78 is 0. The van der Waals surface area contributed by atoms with E-state index in [0.29, 0.717) is 0 Å². The van der Waals surface area contributed by atoms with Crippen molar-refractivity contribution in [3.63, 3.8) is 0 Å². The maximum absolute atomic E-state index is 6.27. The minimum absolute atomic E-state index is 0.0661. The quantitative estimate of drug-likeness (QED) is 0.884. The van der Waals surface area contributed by atoms with E-state index in [9.17, 15) is 0 Å². The SMILES string of the molecule is CCN(Cc1ccccc1C)C(c1ccncc1)C(C)N. The fourth-order valence-electron chi connectivity index (χ4n) is 2.82. The first-order valence-electron chi connectivity index (χ1n) is 7.57. The Morgan fingerprint density at radius 1 is 1.14 bits per heavy atom. The molecule has 0 radical (unpaired) electrons. The Hall–Kier alpha value is -1.71. The Kier molecular flexibility index (Phi) is 5.48. The molecular formula is C18H25N3. The average Bonchev–Trinajstić information content (AvgIpc) is 2.49. The van der Waals surface area contributed by atoms with Crippen LogP contribution in [0.1, 0.15) is 36.6 Å². The zero-order chi connectivity index (χ0) is 15.2. The number of nitrogens with two attached hydrogens (primary N) is 1. The summed E-state index contributed by atoms with van der Waals surface area (Å²) in [6, 6.07) is 12.9. The van der Waals surface area contributed by atoms with Crippen LogP contribution in [0.2, 0.25) is 0 Å². The predicted octanol–water partition coefficient (Wildman–Crippen LogP) is 3.30. The summed E-state index contributed by atoms with van der Waals surface area (Å²) in [6.07, 6.45) is 3.68. The molecule has 1 heterocycles. The molecule has 2 atom stereocenters. The van der Waals surface area contributed by atoms with Gasteiger partial charge in [0.15, 0.2) is 0 Å². The largest absolute Gasteiger partial charge is 0.326 e. The van der Waals surface area contributed by atoms with E-state index in [1.807, 2.05) is 12.4 Å². The van der Waals surface area contributed by atoms with Crippen LogP contribution in [0.25, 0.3) is 0 Å². The molecule has 2 N–H and O–H groups in total. The van der Waals surface area contributed by atoms with Gasteiger partial charge >= 0.3 is 0 Å². The molecular weight excluding hydrogens is 258 g/mol. The number of likely N-dealkylation sites (N-methyl/N-ethyl adjacent to an activating group) is 1. The highest BCUT2D eigenvalue weighted by Crippen LogP contribution is 2.25. The summed E-state index contributed by atoms with van der Waals surface area (Å²) >= 11 is 0. The third-order valence-electron chi connectivity index (χ3n) is 3.98. The minimum atomic E-state index is 0.0661. The van der Waals surface area contributed by atoms with Gasteiger partial charge in [-0.25, -0.2) is 0 Å². The molecule has 3 heteroatoms. The molecule has 0 bridgehead atoms. The van der Waals surface area contributed by atoms with Gasteiger partial charge in [0.2, 0.25) is 0 Å². The van der Waals surface area contributed by atoms with Crippen molar-refractivity contribution in [2.45, 2.75) is 39.4 Å². The lowest BCUT2D eigenvalue weighted by Crippen LogP contribution is -2.39. The monoisotopic (exact) mass is 283 g/mol. The molecule has 2 unspecified atom stereocenters. The van der Waals surface area contributed by atoms with Gasteiger partial charge in [0.1, 0.15) is 0 Å². The zero-order valence-corrected chi connectivity index (χ0v) is 13.2. The number of pyridine rings is 1. The Morgan fingerprint density at radius 2 is 1.81 bits per heavy atom. The number of rotatable bonds is 6. The number of hydrogen-bond donors (Lipinski definition) is 1. The topological polar surface area (TPSA) is 42.2 Å². The van der Waals surface area contributed by atoms with Crippen LogP contribution in [-0.4, -0.2) is 22.5 Å². The highest BCUT2D eigenvalue weighted by molar-refractivity contribution is 5.26. The van der Waals surface area contributed by atoms with Gasteiger partial charge in [-0.15, -0.1) is 0 Å². The van der Waals surface area contributed by atoms with Crippen molar-refractivity contribution in [2.24, 2.45) is 5.73 Å². The molecule has 2 aromatic rings. The van der Waals surface area contributed by atoms with E-state index in [2.05, 4.69) is 67.1 Å². The second-order valence-electron chi connectivity index (χ2n) is 5.57. The third-order valence-corrected chi connectivity index (χ3v) is 3.98. The van der Waals surface area contributed by atoms with Crippen molar-refractivity contribution in [1.29, 1.82) is 0 Å². The number of benzene rings is 1. The number of nitrogens with zero attached hydrogens (tertiary/aromatic N) is 2. The van der Waals surface area contributed by atoms with Crippen LogP contribution in [0.15, 0.2) is 48.8 Å². The molecule has 0 aliphatic heterocycles. The first-order valence-corrected chi connectivity index (χ1v) is 7.57. The fourth-order valence-corrected chi connectivity index (χ4v) is 2.82. The van der Waals surface area contributed by atoms with Gasteiger partial charge in [-0.1, -0.05) is 31.2 Å². The molecule has 1 aromatic heterocycles. The van der Waals surface area contributed by atoms with Crippen LogP contribution in [0.4, 0.5) is 0 Å². The van der Waals surface area contributed by atoms with Crippen LogP contribution in [0, 0.1) is 6.92 Å². The summed E-state index contributed by atoms with van der Waals surface area (Å²) in [4.78, 5) is 6.54. The van der Waals surface area contributed by atoms with E-state index in [1.165, 1.54) is 16.7 Å². The standard InChI is InChI=1S/C18H25N3/c1-4-21(13-17-8-6-5-7-14(17)2)18(15(3)19)16-9-11-20-12-10-16/h5-12,15,18H,4,13,19H2,1-3H3. The molecule has 21 heavy (non-hydrogen) atoms. The first-order chi connectivity index (χ1) is 10.1. The van der Waals surface area contributed by atoms with Crippen molar-refractivity contribution >= 4 is 0 Å². The van der Waals surface area contributed by atoms with Crippen LogP contribution < -0.4 is 5.73 Å². The maximum atomic E-state index is 6.27. The van der Waals surface area contributed by atoms with Crippen LogP contribution in [0.5, 0.6) is 0 Å². The highest BCUT2D eigenvalue weighted by atomic mass is 15.2. The van der Waals surface area contributed by atoms with E-state index in [0.717, 1.165) is 13.1 Å². The molecule has 112 valence electrons. The molecule has 0 amide bonds. The average molecular weight is 283 g/mol. The molecule has 0 saturated heterocycles. The van der Waals surface area contributed by atoms with Crippen molar-refractivity contribution in [2.75, 3.05) is 6.54 Å². The lowest BCUT2D eigenvalue weighted by molar-refractivity contribution is 0.176. The summed E-state index contributed by atoms with van der Waals surface area (Å²) in [6.45, 7) is 8.30. The van der Waals surface area contributed by atoms with Gasteiger partial charge in [0.25, 0.3) is 0 Å². The number of hydrogen-bond acceptors (Lipinski definition) is 3. The summed E-state index contributed by atoms with van der Waals surface area (Å²) in [7, 11) is 0. The minimum Gasteiger partial charge on any atom is -0.326 e. The Bertz CT molecular complexity index is 551. The smallest absolute Gasteiger partial charge is 0.0501 e. The van der Waals surface area contributed by atoms with E-state index in [4.69, 9.17) is 5.73 Å². The Labute approximate surface area is 127 Å². The zero-order valence-electron chi connectivity index (χ0n) is 13.2. The van der Waals surface area contributed by atoms with Crippen molar-refractivity contribution in [1.82, 2.24) is 9.88 Å². The molecule has 0 aliphatic carbocycles. The van der Waals surface area contributed by atoms with Crippen molar-refractivity contribution in [3.8, 4) is 0 Å². The second-order valence-corrected chi connectivity index (χ2v) is 5.57. The predicted molar refractivity (Wildman–Crippen MR) is 87.9 cm³/mol. The molecule has 0 spiro atoms. The van der Waals surface area contributed by atoms with E-state index < -0.39 is 0 Å². The molecule has 2 rings (SSSR count). The Balaban J connectivity index is 2.27. The van der Waals surface area contributed by atoms with Gasteiger partial charge in [-0.3, -0.25) is 9.88 Å². The number of aryl methyl sites for hydroxylation is 1. The van der Waals surface area contributed by atoms with Crippen molar-refractivity contribution < 1.29 is 0 Å². The third kappa shape index (κ3) is 3.90. The van der Waals surface area contributed by atoms with Crippen molar-refractivity contribution in [3.05, 3.63) is 65.5 Å². The van der Waals surface area contributed by atoms with E-state index >= 15 is 0 Å². The summed E-state index contributed by atoms with van der Waals surface area (Å²) in [5.41, 5.74) is 10.2. The Morgan fingerprint density at radius 3 is 2.38 bits per heavy atom. The first kappa shape index (κ1) is 15.7. The molecule has 0 fully saturated rings. The van der Waals surface area contributed by atoms with Gasteiger partial charge in [0, 0.05) is 25.0 Å². The summed E-state index contributed by atoms with van der Waals surface area (Å²) in [5.74, 6) is 0. The lowest BCUT2D eigenvalue weighted by Gasteiger charge is -2.34. The van der Waals surface area contributed by atoms with Crippen LogP contribution in [-0.2, 0) is 6.54 Å². The van der Waals surface area contributed by atoms with Gasteiger partial charge in [-0.05, 0) is 49.2 Å². The maximum Gasteiger partial charge on any atom is 0.0501 e. The molecule has 3 nitrogen and oxygen atoms in total. The fraction of sp³-hybridized carbons (Fsp3) is 0.389. The summed E-state index contributed by atoms with van der Waals surface area (Å²) in [5, 5.41) is 0. The van der Waals surface area contributed by atoms with E-state index in [-0.39, 0.29) is 12.1 Å². The van der Waals surface area contributed by atoms with Crippen LogP contribution in [0.3, 0.4) is 0 Å². The highest BCUT2D eigenvalue weighted by Gasteiger charge is 2.23. The molecule has 1 aromatic carbocycles. The van der Waals surface area contributed by atoms with Gasteiger partial charge in [0.05, 0.1) is 6.04 Å². The lowest BCUT2D eigenvalue weighted by atomic mass is 9.99. The van der Waals surface area contributed by atoms with Crippen LogP contribution >= 0.6 is 0 Å². The second kappa shape index (κ2) is 7.34. The van der Waals surface area contributed by atoms with Gasteiger partial charge < -0.3 is 5.73 Å². The molecule has 0 aliphatic rings. The van der Waals surface area contributed by atoms with Gasteiger partial charge in [-0.2, -0.15) is 0 Å². The number of aromatic nitrogens is 1. The normalized spacial score (nSPS) is 14.1. The molecule has 0 saturated carbocycles.